The molecule has 0 aliphatic heterocycles. The van der Waals surface area contributed by atoms with Crippen LogP contribution in [0.25, 0.3) is 0 Å². The highest BCUT2D eigenvalue weighted by Crippen LogP contribution is 2.13. The lowest BCUT2D eigenvalue weighted by atomic mass is 9.95. The third-order valence-electron chi connectivity index (χ3n) is 2.64. The highest BCUT2D eigenvalue weighted by Gasteiger charge is 2.34. The number of aliphatic hydroxyl groups is 8. The molecule has 0 aromatic carbocycles. The van der Waals surface area contributed by atoms with Gasteiger partial charge in [-0.25, -0.2) is 0 Å². The summed E-state index contributed by atoms with van der Waals surface area (Å²) in [7, 11) is 0. The molecule has 8 N–H and O–H groups in total. The second-order valence-corrected chi connectivity index (χ2v) is 4.19. The predicted molar refractivity (Wildman–Crippen MR) is 59.4 cm³/mol. The third kappa shape index (κ3) is 5.55. The second kappa shape index (κ2) is 8.73. The van der Waals surface area contributed by atoms with E-state index in [4.69, 9.17) is 15.3 Å². The summed E-state index contributed by atoms with van der Waals surface area (Å²) in [5, 5.41) is 73.3. The number of hydrogen-bond acceptors (Lipinski definition) is 8. The zero-order valence-electron chi connectivity index (χ0n) is 9.87. The van der Waals surface area contributed by atoms with Crippen molar-refractivity contribution in [3.05, 3.63) is 0 Å². The van der Waals surface area contributed by atoms with Gasteiger partial charge in [0.05, 0.1) is 24.9 Å². The average Bonchev–Trinajstić information content (AvgIpc) is 2.35. The Bertz CT molecular complexity index is 214. The fourth-order valence-electron chi connectivity index (χ4n) is 1.45. The molecule has 6 unspecified atom stereocenters. The summed E-state index contributed by atoms with van der Waals surface area (Å²) in [6.45, 7) is -1.03. The van der Waals surface area contributed by atoms with Gasteiger partial charge in [-0.1, -0.05) is 0 Å². The fraction of sp³-hybridized carbons (Fsp3) is 1.00. The van der Waals surface area contributed by atoms with Gasteiger partial charge in [0.2, 0.25) is 0 Å². The summed E-state index contributed by atoms with van der Waals surface area (Å²) in [6.07, 6.45) is -10.2. The topological polar surface area (TPSA) is 162 Å². The van der Waals surface area contributed by atoms with E-state index < -0.39 is 56.3 Å². The van der Waals surface area contributed by atoms with Crippen molar-refractivity contribution in [2.75, 3.05) is 13.2 Å². The Balaban J connectivity index is 4.34. The van der Waals surface area contributed by atoms with Gasteiger partial charge in [0.1, 0.15) is 18.3 Å². The molecule has 0 radical (unpaired) electrons. The Morgan fingerprint density at radius 3 is 1.61 bits per heavy atom. The van der Waals surface area contributed by atoms with Crippen LogP contribution in [0.5, 0.6) is 0 Å². The lowest BCUT2D eigenvalue weighted by Gasteiger charge is -2.29. The van der Waals surface area contributed by atoms with E-state index >= 15 is 0 Å². The van der Waals surface area contributed by atoms with Crippen LogP contribution in [0, 0.1) is 0 Å². The van der Waals surface area contributed by atoms with E-state index in [-0.39, 0.29) is 6.42 Å². The van der Waals surface area contributed by atoms with E-state index in [1.54, 1.807) is 0 Å². The van der Waals surface area contributed by atoms with E-state index in [1.807, 2.05) is 0 Å². The van der Waals surface area contributed by atoms with Crippen LogP contribution >= 0.6 is 0 Å². The van der Waals surface area contributed by atoms with Crippen molar-refractivity contribution in [1.29, 1.82) is 0 Å². The Morgan fingerprint density at radius 1 is 0.667 bits per heavy atom. The van der Waals surface area contributed by atoms with Gasteiger partial charge in [0, 0.05) is 13.0 Å². The first-order valence-electron chi connectivity index (χ1n) is 5.65. The van der Waals surface area contributed by atoms with Crippen LogP contribution in [0.3, 0.4) is 0 Å². The summed E-state index contributed by atoms with van der Waals surface area (Å²) in [6, 6.07) is 0. The highest BCUT2D eigenvalue weighted by atomic mass is 16.4. The first-order valence-corrected chi connectivity index (χ1v) is 5.65. The summed E-state index contributed by atoms with van der Waals surface area (Å²) in [4.78, 5) is 0. The van der Waals surface area contributed by atoms with Gasteiger partial charge in [-0.15, -0.1) is 0 Å². The number of rotatable bonds is 9. The Labute approximate surface area is 104 Å². The molecule has 18 heavy (non-hydrogen) atoms. The molecule has 0 amide bonds. The monoisotopic (exact) mass is 270 g/mol. The number of hydrogen-bond donors (Lipinski definition) is 8. The molecule has 6 atom stereocenters. The molecule has 0 bridgehead atoms. The summed E-state index contributed by atoms with van der Waals surface area (Å²) >= 11 is 0. The molecule has 0 aromatic heterocycles. The zero-order valence-corrected chi connectivity index (χ0v) is 9.87. The minimum atomic E-state index is -1.84. The third-order valence-corrected chi connectivity index (χ3v) is 2.64. The molecule has 0 saturated heterocycles. The standard InChI is InChI=1S/C10H22O8/c11-2-1-6(14)8(16)10(18)9(17)7(15)3-5(13)4-12/h5-18H,1-4H2. The summed E-state index contributed by atoms with van der Waals surface area (Å²) < 4.78 is 0. The van der Waals surface area contributed by atoms with E-state index in [0.29, 0.717) is 0 Å². The van der Waals surface area contributed by atoms with Gasteiger partial charge in [-0.05, 0) is 6.42 Å². The van der Waals surface area contributed by atoms with Gasteiger partial charge in [0.15, 0.2) is 0 Å². The lowest BCUT2D eigenvalue weighted by molar-refractivity contribution is -0.141. The average molecular weight is 270 g/mol. The Morgan fingerprint density at radius 2 is 1.17 bits per heavy atom. The molecule has 8 heteroatoms. The normalized spacial score (nSPS) is 22.0. The molecule has 8 nitrogen and oxygen atoms in total. The van der Waals surface area contributed by atoms with E-state index in [2.05, 4.69) is 0 Å². The first kappa shape index (κ1) is 17.7. The lowest BCUT2D eigenvalue weighted by Crippen LogP contribution is -2.50. The molecule has 0 aliphatic rings. The largest absolute Gasteiger partial charge is 0.396 e. The fourth-order valence-corrected chi connectivity index (χ4v) is 1.45. The zero-order chi connectivity index (χ0) is 14.3. The van der Waals surface area contributed by atoms with Gasteiger partial charge in [0.25, 0.3) is 0 Å². The van der Waals surface area contributed by atoms with Crippen molar-refractivity contribution in [2.45, 2.75) is 49.5 Å². The van der Waals surface area contributed by atoms with Crippen molar-refractivity contribution in [1.82, 2.24) is 0 Å². The van der Waals surface area contributed by atoms with Crippen molar-refractivity contribution >= 4 is 0 Å². The van der Waals surface area contributed by atoms with E-state index in [1.165, 1.54) is 0 Å². The van der Waals surface area contributed by atoms with Crippen LogP contribution in [0.4, 0.5) is 0 Å². The van der Waals surface area contributed by atoms with Crippen LogP contribution in [-0.4, -0.2) is 90.7 Å². The predicted octanol–water partition coefficient (Wildman–Crippen LogP) is -4.08. The Kier molecular flexibility index (Phi) is 8.57. The highest BCUT2D eigenvalue weighted by molar-refractivity contribution is 4.85. The molecule has 110 valence electrons. The summed E-state index contributed by atoms with van der Waals surface area (Å²) in [5.41, 5.74) is 0. The SMILES string of the molecule is OCCC(O)C(O)C(O)C(O)C(O)CC(O)CO. The smallest absolute Gasteiger partial charge is 0.111 e. The van der Waals surface area contributed by atoms with Crippen LogP contribution in [0.15, 0.2) is 0 Å². The van der Waals surface area contributed by atoms with E-state index in [9.17, 15) is 25.5 Å². The molecule has 0 spiro atoms. The van der Waals surface area contributed by atoms with Crippen molar-refractivity contribution in [3.63, 3.8) is 0 Å². The first-order chi connectivity index (χ1) is 8.34. The molecular weight excluding hydrogens is 248 g/mol. The molecule has 0 fully saturated rings. The second-order valence-electron chi connectivity index (χ2n) is 4.19. The Hall–Kier alpha value is -0.320. The number of aliphatic hydroxyl groups excluding tert-OH is 8. The molecule has 0 aromatic rings. The van der Waals surface area contributed by atoms with Gasteiger partial charge in [-0.3, -0.25) is 0 Å². The summed E-state index contributed by atoms with van der Waals surface area (Å²) in [5.74, 6) is 0. The van der Waals surface area contributed by atoms with Gasteiger partial charge >= 0.3 is 0 Å². The maximum absolute atomic E-state index is 9.49. The van der Waals surface area contributed by atoms with Crippen molar-refractivity contribution in [2.24, 2.45) is 0 Å². The maximum Gasteiger partial charge on any atom is 0.111 e. The van der Waals surface area contributed by atoms with Gasteiger partial charge in [-0.2, -0.15) is 0 Å². The van der Waals surface area contributed by atoms with Crippen LogP contribution in [-0.2, 0) is 0 Å². The van der Waals surface area contributed by atoms with Crippen LogP contribution in [0.1, 0.15) is 12.8 Å². The molecule has 0 aliphatic carbocycles. The van der Waals surface area contributed by atoms with Crippen LogP contribution in [0.2, 0.25) is 0 Å². The van der Waals surface area contributed by atoms with Crippen molar-refractivity contribution in [3.8, 4) is 0 Å². The minimum Gasteiger partial charge on any atom is -0.396 e. The quantitative estimate of drug-likeness (QED) is 0.210. The minimum absolute atomic E-state index is 0.194. The molecule has 0 heterocycles. The molecule has 0 saturated carbocycles. The van der Waals surface area contributed by atoms with Crippen LogP contribution < -0.4 is 0 Å². The van der Waals surface area contributed by atoms with E-state index in [0.717, 1.165) is 0 Å². The molecule has 0 rings (SSSR count). The maximum atomic E-state index is 9.49. The molecular formula is C10H22O8. The van der Waals surface area contributed by atoms with Gasteiger partial charge < -0.3 is 40.9 Å². The van der Waals surface area contributed by atoms with Crippen molar-refractivity contribution < 1.29 is 40.9 Å².